The lowest BCUT2D eigenvalue weighted by Crippen LogP contribution is -2.39. The van der Waals surface area contributed by atoms with Crippen LogP contribution in [0.25, 0.3) is 0 Å². The number of rotatable bonds is 4. The number of halogens is 2. The first-order chi connectivity index (χ1) is 15.9. The van der Waals surface area contributed by atoms with Crippen LogP contribution >= 0.6 is 23.2 Å². The van der Waals surface area contributed by atoms with Crippen molar-refractivity contribution in [2.45, 2.75) is 32.9 Å². The molecule has 1 aromatic heterocycles. The summed E-state index contributed by atoms with van der Waals surface area (Å²) in [5, 5.41) is 3.96. The lowest BCUT2D eigenvalue weighted by atomic mass is 9.98. The number of amides is 1. The quantitative estimate of drug-likeness (QED) is 0.543. The van der Waals surface area contributed by atoms with Gasteiger partial charge in [0.1, 0.15) is 5.56 Å². The minimum Gasteiger partial charge on any atom is -0.455 e. The molecule has 2 aliphatic rings. The number of hydrogen-bond donors (Lipinski definition) is 1. The monoisotopic (exact) mass is 483 g/mol. The summed E-state index contributed by atoms with van der Waals surface area (Å²) in [6, 6.07) is 11.9. The van der Waals surface area contributed by atoms with Crippen molar-refractivity contribution >= 4 is 46.4 Å². The highest BCUT2D eigenvalue weighted by atomic mass is 35.5. The topological polar surface area (TPSA) is 70.6 Å². The molecule has 9 heteroatoms. The highest BCUT2D eigenvalue weighted by Gasteiger charge is 2.31. The number of aromatic nitrogens is 2. The standard InChI is InChI=1S/C24H23Cl2N5O2/c1-14(2)30-9-8-15-10-17(7-6-16(15)12-30)28-24-27-11-18-22(29-24)33-13-31(23(18)32)21-19(25)4-3-5-20(21)26/h3-7,10-11,14H,8-9,12-13H2,1-2H3,(H,27,28,29). The van der Waals surface area contributed by atoms with E-state index in [-0.39, 0.29) is 24.1 Å². The van der Waals surface area contributed by atoms with Crippen LogP contribution in [0.4, 0.5) is 17.3 Å². The summed E-state index contributed by atoms with van der Waals surface area (Å²) in [6.07, 6.45) is 2.47. The van der Waals surface area contributed by atoms with Crippen molar-refractivity contribution < 1.29 is 9.53 Å². The van der Waals surface area contributed by atoms with E-state index in [1.807, 2.05) is 6.07 Å². The van der Waals surface area contributed by atoms with Crippen molar-refractivity contribution in [2.75, 3.05) is 23.5 Å². The van der Waals surface area contributed by atoms with Gasteiger partial charge < -0.3 is 10.1 Å². The van der Waals surface area contributed by atoms with E-state index in [2.05, 4.69) is 46.2 Å². The third-order valence-electron chi connectivity index (χ3n) is 6.00. The van der Waals surface area contributed by atoms with Gasteiger partial charge in [0.05, 0.1) is 15.7 Å². The van der Waals surface area contributed by atoms with Crippen LogP contribution in [0, 0.1) is 0 Å². The average Bonchev–Trinajstić information content (AvgIpc) is 2.80. The highest BCUT2D eigenvalue weighted by Crippen LogP contribution is 2.37. The van der Waals surface area contributed by atoms with Gasteiger partial charge in [-0.25, -0.2) is 4.98 Å². The summed E-state index contributed by atoms with van der Waals surface area (Å²) in [4.78, 5) is 25.6. The second-order valence-corrected chi connectivity index (χ2v) is 9.23. The molecule has 170 valence electrons. The Labute approximate surface area is 202 Å². The smallest absolute Gasteiger partial charge is 0.268 e. The van der Waals surface area contributed by atoms with E-state index < -0.39 is 0 Å². The third-order valence-corrected chi connectivity index (χ3v) is 6.61. The molecule has 0 spiro atoms. The number of benzene rings is 2. The SMILES string of the molecule is CC(C)N1CCc2cc(Nc3ncc4c(n3)OCN(c3c(Cl)cccc3Cl)C4=O)ccc2C1. The van der Waals surface area contributed by atoms with Gasteiger partial charge in [0, 0.05) is 31.0 Å². The molecule has 33 heavy (non-hydrogen) atoms. The number of nitrogens with one attached hydrogen (secondary N) is 1. The van der Waals surface area contributed by atoms with Crippen molar-refractivity contribution in [2.24, 2.45) is 0 Å². The van der Waals surface area contributed by atoms with Gasteiger partial charge in [0.15, 0.2) is 6.73 Å². The van der Waals surface area contributed by atoms with E-state index in [9.17, 15) is 4.79 Å². The second-order valence-electron chi connectivity index (χ2n) is 8.41. The van der Waals surface area contributed by atoms with Crippen LogP contribution in [-0.4, -0.2) is 40.1 Å². The van der Waals surface area contributed by atoms with Gasteiger partial charge in [-0.2, -0.15) is 4.98 Å². The Kier molecular flexibility index (Phi) is 5.86. The third kappa shape index (κ3) is 4.24. The van der Waals surface area contributed by atoms with Crippen molar-refractivity contribution in [3.8, 4) is 5.88 Å². The second kappa shape index (κ2) is 8.82. The van der Waals surface area contributed by atoms with Gasteiger partial charge in [-0.15, -0.1) is 0 Å². The maximum atomic E-state index is 13.1. The molecule has 0 bridgehead atoms. The van der Waals surface area contributed by atoms with E-state index >= 15 is 0 Å². The first-order valence-corrected chi connectivity index (χ1v) is 11.5. The number of ether oxygens (including phenoxy) is 1. The van der Waals surface area contributed by atoms with Crippen molar-refractivity contribution in [3.63, 3.8) is 0 Å². The van der Waals surface area contributed by atoms with E-state index in [4.69, 9.17) is 27.9 Å². The van der Waals surface area contributed by atoms with E-state index in [1.54, 1.807) is 18.2 Å². The molecule has 0 aliphatic carbocycles. The minimum atomic E-state index is -0.318. The fourth-order valence-electron chi connectivity index (χ4n) is 4.15. The minimum absolute atomic E-state index is 0.0447. The predicted octanol–water partition coefficient (Wildman–Crippen LogP) is 5.29. The molecule has 0 saturated heterocycles. The van der Waals surface area contributed by atoms with Crippen LogP contribution in [0.1, 0.15) is 35.3 Å². The molecule has 3 aromatic rings. The number of para-hydroxylation sites is 1. The normalized spacial score (nSPS) is 15.8. The van der Waals surface area contributed by atoms with Crippen LogP contribution in [0.5, 0.6) is 5.88 Å². The summed E-state index contributed by atoms with van der Waals surface area (Å²) in [5.41, 5.74) is 4.23. The zero-order valence-corrected chi connectivity index (χ0v) is 19.8. The fourth-order valence-corrected chi connectivity index (χ4v) is 4.75. The summed E-state index contributed by atoms with van der Waals surface area (Å²) >= 11 is 12.5. The highest BCUT2D eigenvalue weighted by molar-refractivity contribution is 6.40. The predicted molar refractivity (Wildman–Crippen MR) is 130 cm³/mol. The number of anilines is 3. The molecule has 1 N–H and O–H groups in total. The molecule has 2 aliphatic heterocycles. The Morgan fingerprint density at radius 2 is 1.91 bits per heavy atom. The summed E-state index contributed by atoms with van der Waals surface area (Å²) in [5.74, 6) is 0.272. The molecule has 3 heterocycles. The number of fused-ring (bicyclic) bond motifs is 2. The molecular weight excluding hydrogens is 461 g/mol. The van der Waals surface area contributed by atoms with Crippen molar-refractivity contribution in [1.82, 2.24) is 14.9 Å². The Balaban J connectivity index is 1.35. The van der Waals surface area contributed by atoms with Gasteiger partial charge in [0.25, 0.3) is 5.91 Å². The Hall–Kier alpha value is -2.87. The molecule has 7 nitrogen and oxygen atoms in total. The summed E-state index contributed by atoms with van der Waals surface area (Å²) < 4.78 is 5.77. The Morgan fingerprint density at radius 3 is 2.67 bits per heavy atom. The molecule has 0 radical (unpaired) electrons. The first-order valence-electron chi connectivity index (χ1n) is 10.8. The lowest BCUT2D eigenvalue weighted by molar-refractivity contribution is 0.0932. The first kappa shape index (κ1) is 21.9. The number of carbonyl (C=O) groups is 1. The molecule has 1 amide bonds. The molecule has 0 unspecified atom stereocenters. The molecule has 0 atom stereocenters. The Morgan fingerprint density at radius 1 is 1.12 bits per heavy atom. The van der Waals surface area contributed by atoms with E-state index in [0.29, 0.717) is 27.7 Å². The molecule has 0 saturated carbocycles. The van der Waals surface area contributed by atoms with Crippen LogP contribution in [-0.2, 0) is 13.0 Å². The number of nitrogens with zero attached hydrogens (tertiary/aromatic N) is 4. The van der Waals surface area contributed by atoms with Crippen molar-refractivity contribution in [1.29, 1.82) is 0 Å². The average molecular weight is 484 g/mol. The van der Waals surface area contributed by atoms with E-state index in [1.165, 1.54) is 22.2 Å². The van der Waals surface area contributed by atoms with Gasteiger partial charge in [-0.3, -0.25) is 14.6 Å². The summed E-state index contributed by atoms with van der Waals surface area (Å²) in [6.45, 7) is 6.42. The lowest BCUT2D eigenvalue weighted by Gasteiger charge is -2.32. The largest absolute Gasteiger partial charge is 0.455 e. The molecule has 0 fully saturated rings. The van der Waals surface area contributed by atoms with Crippen LogP contribution < -0.4 is 15.0 Å². The maximum Gasteiger partial charge on any atom is 0.268 e. The van der Waals surface area contributed by atoms with Gasteiger partial charge in [0.2, 0.25) is 11.8 Å². The zero-order valence-electron chi connectivity index (χ0n) is 18.3. The van der Waals surface area contributed by atoms with Gasteiger partial charge in [-0.05, 0) is 55.7 Å². The fraction of sp³-hybridized carbons (Fsp3) is 0.292. The molecule has 2 aromatic carbocycles. The maximum absolute atomic E-state index is 13.1. The van der Waals surface area contributed by atoms with Crippen LogP contribution in [0.2, 0.25) is 10.0 Å². The zero-order chi connectivity index (χ0) is 23.1. The number of carbonyl (C=O) groups excluding carboxylic acids is 1. The van der Waals surface area contributed by atoms with Gasteiger partial charge in [-0.1, -0.05) is 35.3 Å². The van der Waals surface area contributed by atoms with Crippen LogP contribution in [0.15, 0.2) is 42.6 Å². The van der Waals surface area contributed by atoms with E-state index in [0.717, 1.165) is 25.2 Å². The number of hydrogen-bond acceptors (Lipinski definition) is 6. The summed E-state index contributed by atoms with van der Waals surface area (Å²) in [7, 11) is 0. The van der Waals surface area contributed by atoms with Gasteiger partial charge >= 0.3 is 0 Å². The molecule has 5 rings (SSSR count). The molecular formula is C24H23Cl2N5O2. The van der Waals surface area contributed by atoms with Crippen molar-refractivity contribution in [3.05, 3.63) is 69.3 Å². The van der Waals surface area contributed by atoms with Crippen LogP contribution in [0.3, 0.4) is 0 Å². The Bertz CT molecular complexity index is 1210.